The van der Waals surface area contributed by atoms with Gasteiger partial charge in [-0.05, 0) is 98.2 Å². The topological polar surface area (TPSA) is 116 Å². The lowest BCUT2D eigenvalue weighted by Gasteiger charge is -2.62. The standard InChI is InChI=1S/C41H64N6O4/c1-9-46-15-11-13-31(46)23-43-22-27-16-29(18-32(17-27)45(6)7)33-14-10-12-28(39(33)50-8)24-47-38(37(26(3)48)36(21-42)51-47)40(49)44-35-20-30-19-34(25(35)2)41(30,4)5/h10,12,14,16-18,25-26,30-31,34-38,43,48H,9,11,13,15,19-24,42H2,1-8H3,(H,44,49)/t25-,26-,30+,31+,34-,35?,36-,37+,38-/m0/s1. The number of fused-ring (bicyclic) bond motifs is 2. The van der Waals surface area contributed by atoms with E-state index in [4.69, 9.17) is 15.3 Å². The van der Waals surface area contributed by atoms with Crippen molar-refractivity contribution in [3.05, 3.63) is 47.5 Å². The first-order valence-electron chi connectivity index (χ1n) is 19.4. The minimum absolute atomic E-state index is 0.0987. The third-order valence-electron chi connectivity index (χ3n) is 13.2. The summed E-state index contributed by atoms with van der Waals surface area (Å²) in [6, 6.07) is 12.9. The van der Waals surface area contributed by atoms with E-state index in [0.29, 0.717) is 35.8 Å². The molecular weight excluding hydrogens is 640 g/mol. The molecule has 5 N–H and O–H groups in total. The van der Waals surface area contributed by atoms with Crippen molar-refractivity contribution >= 4 is 11.6 Å². The van der Waals surface area contributed by atoms with Crippen molar-refractivity contribution in [2.45, 2.75) is 104 Å². The van der Waals surface area contributed by atoms with Gasteiger partial charge in [0.1, 0.15) is 11.8 Å². The van der Waals surface area contributed by atoms with Gasteiger partial charge in [0.25, 0.3) is 0 Å². The number of likely N-dealkylation sites (N-methyl/N-ethyl adjacent to an activating group) is 1. The number of hydrogen-bond donors (Lipinski definition) is 4. The molecule has 2 heterocycles. The molecule has 7 rings (SSSR count). The van der Waals surface area contributed by atoms with E-state index >= 15 is 0 Å². The van der Waals surface area contributed by atoms with Gasteiger partial charge in [0.2, 0.25) is 5.91 Å². The Labute approximate surface area is 306 Å². The van der Waals surface area contributed by atoms with Gasteiger partial charge in [0.15, 0.2) is 0 Å². The number of anilines is 1. The Bertz CT molecular complexity index is 1510. The zero-order valence-corrected chi connectivity index (χ0v) is 32.3. The molecule has 3 aliphatic carbocycles. The molecule has 3 saturated carbocycles. The Morgan fingerprint density at radius 2 is 2.00 bits per heavy atom. The van der Waals surface area contributed by atoms with Gasteiger partial charge in [0.05, 0.1) is 25.9 Å². The van der Waals surface area contributed by atoms with Crippen LogP contribution in [0.25, 0.3) is 11.1 Å². The van der Waals surface area contributed by atoms with Crippen LogP contribution in [0.2, 0.25) is 0 Å². The molecule has 2 aliphatic heterocycles. The molecule has 282 valence electrons. The maximum atomic E-state index is 14.3. The van der Waals surface area contributed by atoms with Gasteiger partial charge in [-0.3, -0.25) is 14.5 Å². The van der Waals surface area contributed by atoms with E-state index in [1.165, 1.54) is 31.4 Å². The van der Waals surface area contributed by atoms with Crippen molar-refractivity contribution in [2.24, 2.45) is 34.8 Å². The molecular formula is C41H64N6O4. The van der Waals surface area contributed by atoms with Gasteiger partial charge >= 0.3 is 0 Å². The number of hydrogen-bond acceptors (Lipinski definition) is 9. The van der Waals surface area contributed by atoms with E-state index in [1.54, 1.807) is 19.1 Å². The van der Waals surface area contributed by atoms with Crippen LogP contribution in [0.15, 0.2) is 36.4 Å². The van der Waals surface area contributed by atoms with Crippen LogP contribution in [0.1, 0.15) is 71.4 Å². The second-order valence-corrected chi connectivity index (χ2v) is 16.6. The predicted molar refractivity (Wildman–Crippen MR) is 204 cm³/mol. The van der Waals surface area contributed by atoms with Gasteiger partial charge in [-0.2, -0.15) is 5.06 Å². The fourth-order valence-electron chi connectivity index (χ4n) is 9.99. The highest BCUT2D eigenvalue weighted by Crippen LogP contribution is 2.61. The molecule has 1 amide bonds. The maximum Gasteiger partial charge on any atom is 0.240 e. The Balaban J connectivity index is 1.24. The lowest BCUT2D eigenvalue weighted by molar-refractivity contribution is -0.175. The first-order valence-corrected chi connectivity index (χ1v) is 19.4. The number of para-hydroxylation sites is 1. The number of amides is 1. The number of likely N-dealkylation sites (tertiary alicyclic amines) is 1. The minimum Gasteiger partial charge on any atom is -0.496 e. The van der Waals surface area contributed by atoms with Gasteiger partial charge in [-0.25, -0.2) is 0 Å². The van der Waals surface area contributed by atoms with Crippen LogP contribution >= 0.6 is 0 Å². The Kier molecular flexibility index (Phi) is 11.7. The monoisotopic (exact) mass is 704 g/mol. The van der Waals surface area contributed by atoms with Crippen LogP contribution in [-0.2, 0) is 22.7 Å². The van der Waals surface area contributed by atoms with Gasteiger partial charge in [-0.15, -0.1) is 0 Å². The summed E-state index contributed by atoms with van der Waals surface area (Å²) >= 11 is 0. The normalized spacial score (nSPS) is 30.9. The smallest absolute Gasteiger partial charge is 0.240 e. The number of aliphatic hydroxyl groups is 1. The molecule has 0 aromatic heterocycles. The Morgan fingerprint density at radius 1 is 1.22 bits per heavy atom. The van der Waals surface area contributed by atoms with E-state index < -0.39 is 24.2 Å². The maximum absolute atomic E-state index is 14.3. The number of nitrogens with one attached hydrogen (secondary N) is 2. The van der Waals surface area contributed by atoms with Gasteiger partial charge in [-0.1, -0.05) is 45.9 Å². The minimum atomic E-state index is -0.775. The number of nitrogens with zero attached hydrogens (tertiary/aromatic N) is 3. The van der Waals surface area contributed by atoms with E-state index in [-0.39, 0.29) is 18.5 Å². The lowest BCUT2D eigenvalue weighted by Crippen LogP contribution is -2.62. The van der Waals surface area contributed by atoms with E-state index in [9.17, 15) is 9.90 Å². The summed E-state index contributed by atoms with van der Waals surface area (Å²) in [5.74, 6) is 1.80. The highest BCUT2D eigenvalue weighted by molar-refractivity contribution is 5.83. The van der Waals surface area contributed by atoms with Crippen LogP contribution < -0.4 is 26.0 Å². The highest BCUT2D eigenvalue weighted by Gasteiger charge is 2.57. The molecule has 2 bridgehead atoms. The predicted octanol–water partition coefficient (Wildman–Crippen LogP) is 4.63. The number of hydroxylamine groups is 2. The van der Waals surface area contributed by atoms with E-state index in [0.717, 1.165) is 54.2 Å². The summed E-state index contributed by atoms with van der Waals surface area (Å²) in [4.78, 5) is 25.4. The molecule has 0 spiro atoms. The zero-order chi connectivity index (χ0) is 36.6. The lowest BCUT2D eigenvalue weighted by atomic mass is 9.45. The van der Waals surface area contributed by atoms with Crippen LogP contribution in [0.4, 0.5) is 5.69 Å². The van der Waals surface area contributed by atoms with Crippen molar-refractivity contribution < 1.29 is 19.5 Å². The second kappa shape index (κ2) is 15.7. The fraction of sp³-hybridized carbons (Fsp3) is 0.683. The summed E-state index contributed by atoms with van der Waals surface area (Å²) in [5.41, 5.74) is 11.8. The van der Waals surface area contributed by atoms with Crippen molar-refractivity contribution in [3.63, 3.8) is 0 Å². The first kappa shape index (κ1) is 38.0. The number of rotatable bonds is 14. The summed E-state index contributed by atoms with van der Waals surface area (Å²) in [6.45, 7) is 15.6. The van der Waals surface area contributed by atoms with Gasteiger partial charge in [0, 0.05) is 68.5 Å². The molecule has 10 nitrogen and oxygen atoms in total. The van der Waals surface area contributed by atoms with Gasteiger partial charge < -0.3 is 31.1 Å². The molecule has 5 aliphatic rings. The summed E-state index contributed by atoms with van der Waals surface area (Å²) < 4.78 is 6.16. The number of aliphatic hydroxyl groups excluding tert-OH is 1. The Morgan fingerprint density at radius 3 is 2.65 bits per heavy atom. The highest BCUT2D eigenvalue weighted by atomic mass is 16.7. The molecule has 2 aromatic carbocycles. The molecule has 10 heteroatoms. The van der Waals surface area contributed by atoms with Crippen molar-refractivity contribution in [1.29, 1.82) is 0 Å². The average molecular weight is 705 g/mol. The summed E-state index contributed by atoms with van der Waals surface area (Å²) in [7, 11) is 5.85. The third-order valence-corrected chi connectivity index (χ3v) is 13.2. The van der Waals surface area contributed by atoms with Crippen LogP contribution in [0, 0.1) is 29.1 Å². The number of carbonyl (C=O) groups is 1. The summed E-state index contributed by atoms with van der Waals surface area (Å²) in [6.07, 6.45) is 3.50. The van der Waals surface area contributed by atoms with Crippen LogP contribution in [0.5, 0.6) is 5.75 Å². The number of methoxy groups -OCH3 is 1. The molecule has 9 atom stereocenters. The number of carbonyl (C=O) groups excluding carboxylic acids is 1. The SMILES string of the molecule is CCN1CCC[C@@H]1CNCc1cc(-c2cccc(CN3O[C@@H](CN)[C@@H]([C@H](C)O)[C@H]3C(=O)NC3C[C@H]4C[C@@H]([C@@H]3C)C4(C)C)c2OC)cc(N(C)C)c1. The number of benzene rings is 2. The molecule has 2 saturated heterocycles. The first-order chi connectivity index (χ1) is 24.4. The van der Waals surface area contributed by atoms with Crippen molar-refractivity contribution in [3.8, 4) is 16.9 Å². The largest absolute Gasteiger partial charge is 0.496 e. The third kappa shape index (κ3) is 7.55. The summed E-state index contributed by atoms with van der Waals surface area (Å²) in [5, 5.41) is 19.9. The van der Waals surface area contributed by atoms with E-state index in [1.807, 2.05) is 12.1 Å². The average Bonchev–Trinajstić information content (AvgIpc) is 3.72. The molecule has 51 heavy (non-hydrogen) atoms. The van der Waals surface area contributed by atoms with Crippen LogP contribution in [-0.4, -0.2) is 98.7 Å². The number of ether oxygens (including phenoxy) is 1. The van der Waals surface area contributed by atoms with E-state index in [2.05, 4.69) is 86.5 Å². The zero-order valence-electron chi connectivity index (χ0n) is 32.3. The second-order valence-electron chi connectivity index (χ2n) is 16.6. The quantitative estimate of drug-likeness (QED) is 0.224. The molecule has 2 aromatic rings. The Hall–Kier alpha value is -2.73. The molecule has 5 fully saturated rings. The van der Waals surface area contributed by atoms with Crippen LogP contribution in [0.3, 0.4) is 0 Å². The van der Waals surface area contributed by atoms with Crippen molar-refractivity contribution in [1.82, 2.24) is 20.6 Å². The number of nitrogens with two attached hydrogens (primary N) is 1. The van der Waals surface area contributed by atoms with Crippen molar-refractivity contribution in [2.75, 3.05) is 52.3 Å². The molecule has 0 radical (unpaired) electrons. The molecule has 1 unspecified atom stereocenters. The fourth-order valence-corrected chi connectivity index (χ4v) is 9.99.